The van der Waals surface area contributed by atoms with E-state index in [-0.39, 0.29) is 15.6 Å². The summed E-state index contributed by atoms with van der Waals surface area (Å²) < 4.78 is 39.8. The highest BCUT2D eigenvalue weighted by atomic mass is 35.5. The molecule has 2 aromatic carbocycles. The van der Waals surface area contributed by atoms with Gasteiger partial charge in [-0.05, 0) is 48.9 Å². The summed E-state index contributed by atoms with van der Waals surface area (Å²) in [5.41, 5.74) is 6.84. The minimum Gasteiger partial charge on any atom is -0.399 e. The predicted molar refractivity (Wildman–Crippen MR) is 77.8 cm³/mol. The van der Waals surface area contributed by atoms with E-state index >= 15 is 0 Å². The van der Waals surface area contributed by atoms with Crippen molar-refractivity contribution in [3.05, 3.63) is 52.8 Å². The number of nitrogens with one attached hydrogen (secondary N) is 1. The molecular weight excluding hydrogens is 303 g/mol. The first-order valence-corrected chi connectivity index (χ1v) is 7.49. The third kappa shape index (κ3) is 3.20. The molecule has 0 spiro atoms. The Kier molecular flexibility index (Phi) is 3.87. The van der Waals surface area contributed by atoms with Crippen molar-refractivity contribution in [3.8, 4) is 0 Å². The molecule has 0 atom stereocenters. The molecule has 0 radical (unpaired) electrons. The first kappa shape index (κ1) is 14.6. The molecule has 106 valence electrons. The topological polar surface area (TPSA) is 72.2 Å². The van der Waals surface area contributed by atoms with Gasteiger partial charge >= 0.3 is 0 Å². The van der Waals surface area contributed by atoms with Gasteiger partial charge in [0.05, 0.1) is 10.6 Å². The van der Waals surface area contributed by atoms with Gasteiger partial charge in [0.25, 0.3) is 10.0 Å². The first-order valence-electron chi connectivity index (χ1n) is 5.63. The molecule has 0 fully saturated rings. The van der Waals surface area contributed by atoms with Crippen molar-refractivity contribution in [3.63, 3.8) is 0 Å². The molecule has 0 saturated heterocycles. The van der Waals surface area contributed by atoms with Gasteiger partial charge < -0.3 is 5.73 Å². The van der Waals surface area contributed by atoms with E-state index in [1.54, 1.807) is 6.92 Å². The number of rotatable bonds is 3. The van der Waals surface area contributed by atoms with E-state index in [0.29, 0.717) is 11.3 Å². The lowest BCUT2D eigenvalue weighted by molar-refractivity contribution is 0.601. The van der Waals surface area contributed by atoms with Gasteiger partial charge in [0.1, 0.15) is 5.82 Å². The van der Waals surface area contributed by atoms with E-state index in [4.69, 9.17) is 17.3 Å². The number of hydrogen-bond donors (Lipinski definition) is 2. The molecule has 3 N–H and O–H groups in total. The summed E-state index contributed by atoms with van der Waals surface area (Å²) >= 11 is 5.68. The van der Waals surface area contributed by atoms with Crippen LogP contribution in [0.15, 0.2) is 41.3 Å². The van der Waals surface area contributed by atoms with Crippen LogP contribution in [0.5, 0.6) is 0 Å². The molecule has 4 nitrogen and oxygen atoms in total. The van der Waals surface area contributed by atoms with Crippen LogP contribution >= 0.6 is 11.6 Å². The molecule has 20 heavy (non-hydrogen) atoms. The Morgan fingerprint density at radius 3 is 2.50 bits per heavy atom. The molecule has 2 aromatic rings. The van der Waals surface area contributed by atoms with Crippen LogP contribution in [-0.4, -0.2) is 8.42 Å². The Balaban J connectivity index is 2.37. The van der Waals surface area contributed by atoms with Crippen molar-refractivity contribution in [1.82, 2.24) is 0 Å². The molecule has 0 bridgehead atoms. The molecule has 0 amide bonds. The highest BCUT2D eigenvalue weighted by Gasteiger charge is 2.15. The van der Waals surface area contributed by atoms with Crippen LogP contribution in [0.4, 0.5) is 15.8 Å². The Morgan fingerprint density at radius 1 is 1.20 bits per heavy atom. The smallest absolute Gasteiger partial charge is 0.261 e. The van der Waals surface area contributed by atoms with Gasteiger partial charge in [0.2, 0.25) is 0 Å². The van der Waals surface area contributed by atoms with Crippen LogP contribution in [0.25, 0.3) is 0 Å². The van der Waals surface area contributed by atoms with E-state index in [0.717, 1.165) is 12.1 Å². The van der Waals surface area contributed by atoms with Crippen LogP contribution in [0, 0.1) is 12.7 Å². The third-order valence-electron chi connectivity index (χ3n) is 2.67. The average Bonchev–Trinajstić information content (AvgIpc) is 2.30. The summed E-state index contributed by atoms with van der Waals surface area (Å²) in [5, 5.41) is 0.108. The fourth-order valence-corrected chi connectivity index (χ4v) is 2.99. The summed E-state index contributed by atoms with van der Waals surface area (Å²) in [7, 11) is -3.82. The maximum Gasteiger partial charge on any atom is 0.261 e. The number of halogens is 2. The van der Waals surface area contributed by atoms with Crippen molar-refractivity contribution in [2.75, 3.05) is 10.5 Å². The van der Waals surface area contributed by atoms with E-state index in [1.807, 2.05) is 0 Å². The van der Waals surface area contributed by atoms with Crippen LogP contribution in [0.2, 0.25) is 5.02 Å². The number of nitrogens with two attached hydrogens (primary N) is 1. The van der Waals surface area contributed by atoms with Crippen LogP contribution in [0.3, 0.4) is 0 Å². The SMILES string of the molecule is Cc1cc(S(=O)(=O)Nc2cc(F)cc(Cl)c2)ccc1N. The van der Waals surface area contributed by atoms with E-state index in [9.17, 15) is 12.8 Å². The normalized spacial score (nSPS) is 11.3. The van der Waals surface area contributed by atoms with Gasteiger partial charge in [-0.15, -0.1) is 0 Å². The monoisotopic (exact) mass is 314 g/mol. The maximum absolute atomic E-state index is 13.2. The van der Waals surface area contributed by atoms with Gasteiger partial charge in [0.15, 0.2) is 0 Å². The van der Waals surface area contributed by atoms with Gasteiger partial charge in [-0.3, -0.25) is 4.72 Å². The molecule has 0 saturated carbocycles. The van der Waals surface area contributed by atoms with Crippen LogP contribution < -0.4 is 10.5 Å². The number of benzene rings is 2. The van der Waals surface area contributed by atoms with E-state index < -0.39 is 15.8 Å². The van der Waals surface area contributed by atoms with Crippen molar-refractivity contribution in [1.29, 1.82) is 0 Å². The molecule has 7 heteroatoms. The number of sulfonamides is 1. The fraction of sp³-hybridized carbons (Fsp3) is 0.0769. The van der Waals surface area contributed by atoms with E-state index in [2.05, 4.69) is 4.72 Å². The highest BCUT2D eigenvalue weighted by Crippen LogP contribution is 2.23. The van der Waals surface area contributed by atoms with Crippen molar-refractivity contribution >= 4 is 33.0 Å². The molecule has 0 aromatic heterocycles. The number of hydrogen-bond acceptors (Lipinski definition) is 3. The zero-order valence-corrected chi connectivity index (χ0v) is 12.1. The molecule has 0 unspecified atom stereocenters. The summed E-state index contributed by atoms with van der Waals surface area (Å²) in [4.78, 5) is 0.0459. The Hall–Kier alpha value is -1.79. The van der Waals surface area contributed by atoms with Gasteiger partial charge in [0, 0.05) is 10.7 Å². The molecule has 2 rings (SSSR count). The summed E-state index contributed by atoms with van der Waals surface area (Å²) in [6, 6.07) is 7.79. The first-order chi connectivity index (χ1) is 9.28. The lowest BCUT2D eigenvalue weighted by atomic mass is 10.2. The Bertz CT molecular complexity index is 743. The lowest BCUT2D eigenvalue weighted by Gasteiger charge is -2.10. The second-order valence-corrected chi connectivity index (χ2v) is 6.40. The van der Waals surface area contributed by atoms with Gasteiger partial charge in [-0.1, -0.05) is 11.6 Å². The predicted octanol–water partition coefficient (Wildman–Crippen LogP) is 3.17. The Morgan fingerprint density at radius 2 is 1.90 bits per heavy atom. The zero-order chi connectivity index (χ0) is 14.9. The number of nitrogen functional groups attached to an aromatic ring is 1. The van der Waals surface area contributed by atoms with Gasteiger partial charge in [-0.25, -0.2) is 12.8 Å². The van der Waals surface area contributed by atoms with Crippen molar-refractivity contribution in [2.45, 2.75) is 11.8 Å². The fourth-order valence-electron chi connectivity index (χ4n) is 1.64. The van der Waals surface area contributed by atoms with E-state index in [1.165, 1.54) is 24.3 Å². The summed E-state index contributed by atoms with van der Waals surface area (Å²) in [6.07, 6.45) is 0. The molecule has 0 aliphatic carbocycles. The minimum atomic E-state index is -3.82. The zero-order valence-electron chi connectivity index (χ0n) is 10.5. The highest BCUT2D eigenvalue weighted by molar-refractivity contribution is 7.92. The van der Waals surface area contributed by atoms with Crippen molar-refractivity contribution in [2.24, 2.45) is 0 Å². The lowest BCUT2D eigenvalue weighted by Crippen LogP contribution is -2.13. The van der Waals surface area contributed by atoms with Crippen LogP contribution in [-0.2, 0) is 10.0 Å². The largest absolute Gasteiger partial charge is 0.399 e. The second-order valence-electron chi connectivity index (χ2n) is 4.28. The Labute approximate surface area is 121 Å². The standard InChI is InChI=1S/C13H12ClFN2O2S/c1-8-4-12(2-3-13(8)16)20(18,19)17-11-6-9(14)5-10(15)7-11/h2-7,17H,16H2,1H3. The second kappa shape index (κ2) is 5.30. The molecular formula is C13H12ClFN2O2S. The number of anilines is 2. The summed E-state index contributed by atoms with van der Waals surface area (Å²) in [5.74, 6) is -0.622. The maximum atomic E-state index is 13.2. The average molecular weight is 315 g/mol. The molecule has 0 heterocycles. The third-order valence-corrected chi connectivity index (χ3v) is 4.26. The van der Waals surface area contributed by atoms with Crippen LogP contribution in [0.1, 0.15) is 5.56 Å². The number of aryl methyl sites for hydroxylation is 1. The minimum absolute atomic E-state index is 0.0459. The summed E-state index contributed by atoms with van der Waals surface area (Å²) in [6.45, 7) is 1.70. The van der Waals surface area contributed by atoms with Crippen molar-refractivity contribution < 1.29 is 12.8 Å². The molecule has 0 aliphatic heterocycles. The van der Waals surface area contributed by atoms with Gasteiger partial charge in [-0.2, -0.15) is 0 Å². The quantitative estimate of drug-likeness (QED) is 0.855. The molecule has 0 aliphatic rings.